The molecule has 1 atom stereocenters. The van der Waals surface area contributed by atoms with E-state index in [-0.39, 0.29) is 17.7 Å². The van der Waals surface area contributed by atoms with Crippen LogP contribution in [0.4, 0.5) is 11.5 Å². The Kier molecular flexibility index (Phi) is 4.37. The van der Waals surface area contributed by atoms with Gasteiger partial charge in [-0.25, -0.2) is 4.98 Å². The summed E-state index contributed by atoms with van der Waals surface area (Å²) in [5, 5.41) is 5.70. The van der Waals surface area contributed by atoms with E-state index in [1.165, 1.54) is 0 Å². The molecule has 2 aliphatic rings. The zero-order valence-electron chi connectivity index (χ0n) is 12.4. The Labute approximate surface area is 129 Å². The molecule has 0 saturated carbocycles. The molecule has 3 rings (SSSR count). The van der Waals surface area contributed by atoms with Gasteiger partial charge in [0, 0.05) is 19.0 Å². The van der Waals surface area contributed by atoms with Gasteiger partial charge in [0.1, 0.15) is 5.82 Å². The van der Waals surface area contributed by atoms with E-state index >= 15 is 0 Å². The van der Waals surface area contributed by atoms with Crippen LogP contribution in [0.15, 0.2) is 30.5 Å². The van der Waals surface area contributed by atoms with E-state index in [0.717, 1.165) is 31.6 Å². The first-order valence-electron chi connectivity index (χ1n) is 7.66. The highest BCUT2D eigenvalue weighted by Gasteiger charge is 2.20. The summed E-state index contributed by atoms with van der Waals surface area (Å²) in [6.45, 7) is 1.71. The predicted octanol–water partition coefficient (Wildman–Crippen LogP) is 1.31. The third-order valence-corrected chi connectivity index (χ3v) is 4.02. The number of carbonyl (C=O) groups excluding carboxylic acids is 2. The number of pyridine rings is 1. The molecule has 2 heterocycles. The van der Waals surface area contributed by atoms with Crippen molar-refractivity contribution in [2.24, 2.45) is 5.92 Å². The van der Waals surface area contributed by atoms with Crippen LogP contribution in [0.1, 0.15) is 19.3 Å². The van der Waals surface area contributed by atoms with Gasteiger partial charge in [0.2, 0.25) is 11.8 Å². The van der Waals surface area contributed by atoms with E-state index in [1.54, 1.807) is 6.20 Å². The molecule has 6 nitrogen and oxygen atoms in total. The number of rotatable bonds is 3. The normalized spacial score (nSPS) is 21.4. The number of anilines is 2. The van der Waals surface area contributed by atoms with Crippen LogP contribution in [0, 0.1) is 5.92 Å². The Bertz CT molecular complexity index is 582. The molecule has 116 valence electrons. The molecule has 1 saturated heterocycles. The van der Waals surface area contributed by atoms with Crippen molar-refractivity contribution in [2.45, 2.75) is 19.3 Å². The standard InChI is InChI=1S/C16H20N4O2/c21-15-11-20(9-8-17-15)14-7-6-13(10-18-14)19-16(22)12-4-2-1-3-5-12/h1-2,6-7,10,12H,3-5,8-9,11H2,(H,17,21)(H,19,22)/t12-/m0/s1. The van der Waals surface area contributed by atoms with E-state index in [9.17, 15) is 9.59 Å². The van der Waals surface area contributed by atoms with Crippen molar-refractivity contribution >= 4 is 23.3 Å². The lowest BCUT2D eigenvalue weighted by Gasteiger charge is -2.27. The lowest BCUT2D eigenvalue weighted by molar-refractivity contribution is -0.121. The molecule has 1 aliphatic heterocycles. The molecule has 0 radical (unpaired) electrons. The van der Waals surface area contributed by atoms with Gasteiger partial charge in [0.25, 0.3) is 0 Å². The van der Waals surface area contributed by atoms with Crippen molar-refractivity contribution in [3.63, 3.8) is 0 Å². The molecular formula is C16H20N4O2. The largest absolute Gasteiger partial charge is 0.353 e. The average Bonchev–Trinajstić information content (AvgIpc) is 2.56. The number of allylic oxidation sites excluding steroid dienone is 2. The van der Waals surface area contributed by atoms with Gasteiger partial charge in [0.05, 0.1) is 18.4 Å². The van der Waals surface area contributed by atoms with Gasteiger partial charge in [-0.15, -0.1) is 0 Å². The predicted molar refractivity (Wildman–Crippen MR) is 84.6 cm³/mol. The number of amides is 2. The highest BCUT2D eigenvalue weighted by Crippen LogP contribution is 2.21. The molecular weight excluding hydrogens is 280 g/mol. The van der Waals surface area contributed by atoms with Crippen molar-refractivity contribution in [1.29, 1.82) is 0 Å². The van der Waals surface area contributed by atoms with Crippen molar-refractivity contribution in [3.8, 4) is 0 Å². The van der Waals surface area contributed by atoms with E-state index in [2.05, 4.69) is 27.8 Å². The van der Waals surface area contributed by atoms with Gasteiger partial charge in [0.15, 0.2) is 0 Å². The molecule has 2 N–H and O–H groups in total. The smallest absolute Gasteiger partial charge is 0.239 e. The molecule has 6 heteroatoms. The zero-order chi connectivity index (χ0) is 15.4. The minimum atomic E-state index is 0.00998. The quantitative estimate of drug-likeness (QED) is 0.826. The fourth-order valence-corrected chi connectivity index (χ4v) is 2.76. The number of aromatic nitrogens is 1. The Morgan fingerprint density at radius 3 is 2.95 bits per heavy atom. The SMILES string of the molecule is O=C1CN(c2ccc(NC(=O)[C@H]3CC=CCC3)cn2)CCN1. The van der Waals surface area contributed by atoms with Crippen molar-refractivity contribution in [2.75, 3.05) is 29.9 Å². The Morgan fingerprint density at radius 1 is 1.36 bits per heavy atom. The van der Waals surface area contributed by atoms with Crippen LogP contribution >= 0.6 is 0 Å². The van der Waals surface area contributed by atoms with Gasteiger partial charge in [-0.2, -0.15) is 0 Å². The maximum absolute atomic E-state index is 12.2. The number of hydrogen-bond acceptors (Lipinski definition) is 4. The van der Waals surface area contributed by atoms with Crippen LogP contribution < -0.4 is 15.5 Å². The Morgan fingerprint density at radius 2 is 2.27 bits per heavy atom. The van der Waals surface area contributed by atoms with E-state index in [1.807, 2.05) is 17.0 Å². The van der Waals surface area contributed by atoms with Crippen LogP contribution in [0.5, 0.6) is 0 Å². The maximum Gasteiger partial charge on any atom is 0.239 e. The lowest BCUT2D eigenvalue weighted by atomic mass is 9.93. The molecule has 0 bridgehead atoms. The number of hydrogen-bond donors (Lipinski definition) is 2. The number of piperazine rings is 1. The molecule has 1 fully saturated rings. The van der Waals surface area contributed by atoms with Crippen LogP contribution in [0.3, 0.4) is 0 Å². The van der Waals surface area contributed by atoms with E-state index in [4.69, 9.17) is 0 Å². The number of nitrogens with zero attached hydrogens (tertiary/aromatic N) is 2. The van der Waals surface area contributed by atoms with Gasteiger partial charge in [-0.05, 0) is 31.4 Å². The van der Waals surface area contributed by atoms with E-state index < -0.39 is 0 Å². The summed E-state index contributed by atoms with van der Waals surface area (Å²) in [4.78, 5) is 29.8. The van der Waals surface area contributed by atoms with Gasteiger partial charge < -0.3 is 15.5 Å². The summed E-state index contributed by atoms with van der Waals surface area (Å²) < 4.78 is 0. The van der Waals surface area contributed by atoms with Crippen LogP contribution in [-0.2, 0) is 9.59 Å². The molecule has 0 unspecified atom stereocenters. The first kappa shape index (κ1) is 14.6. The topological polar surface area (TPSA) is 74.3 Å². The van der Waals surface area contributed by atoms with Crippen LogP contribution in [0.2, 0.25) is 0 Å². The fraction of sp³-hybridized carbons (Fsp3) is 0.438. The second-order valence-electron chi connectivity index (χ2n) is 5.65. The molecule has 1 aromatic rings. The molecule has 22 heavy (non-hydrogen) atoms. The fourth-order valence-electron chi connectivity index (χ4n) is 2.76. The van der Waals surface area contributed by atoms with Gasteiger partial charge in [-0.1, -0.05) is 12.2 Å². The second-order valence-corrected chi connectivity index (χ2v) is 5.65. The highest BCUT2D eigenvalue weighted by molar-refractivity contribution is 5.92. The first-order valence-corrected chi connectivity index (χ1v) is 7.66. The average molecular weight is 300 g/mol. The number of carbonyl (C=O) groups is 2. The minimum Gasteiger partial charge on any atom is -0.353 e. The third-order valence-electron chi connectivity index (χ3n) is 4.02. The summed E-state index contributed by atoms with van der Waals surface area (Å²) in [6, 6.07) is 3.68. The molecule has 0 spiro atoms. The van der Waals surface area contributed by atoms with E-state index in [0.29, 0.717) is 18.8 Å². The summed E-state index contributed by atoms with van der Waals surface area (Å²) in [5.41, 5.74) is 0.699. The van der Waals surface area contributed by atoms with Crippen LogP contribution in [0.25, 0.3) is 0 Å². The monoisotopic (exact) mass is 300 g/mol. The molecule has 1 aromatic heterocycles. The number of nitrogens with one attached hydrogen (secondary N) is 2. The van der Waals surface area contributed by atoms with Crippen molar-refractivity contribution < 1.29 is 9.59 Å². The van der Waals surface area contributed by atoms with Crippen molar-refractivity contribution in [1.82, 2.24) is 10.3 Å². The Hall–Kier alpha value is -2.37. The summed E-state index contributed by atoms with van der Waals surface area (Å²) in [5.74, 6) is 0.871. The first-order chi connectivity index (χ1) is 10.7. The van der Waals surface area contributed by atoms with Gasteiger partial charge in [-0.3, -0.25) is 9.59 Å². The Balaban J connectivity index is 1.60. The highest BCUT2D eigenvalue weighted by atomic mass is 16.2. The van der Waals surface area contributed by atoms with Gasteiger partial charge >= 0.3 is 0 Å². The lowest BCUT2D eigenvalue weighted by Crippen LogP contribution is -2.48. The molecule has 1 aliphatic carbocycles. The maximum atomic E-state index is 12.2. The third kappa shape index (κ3) is 3.44. The summed E-state index contributed by atoms with van der Waals surface area (Å²) in [7, 11) is 0. The minimum absolute atomic E-state index is 0.00998. The molecule has 2 amide bonds. The summed E-state index contributed by atoms with van der Waals surface area (Å²) >= 11 is 0. The summed E-state index contributed by atoms with van der Waals surface area (Å²) in [6.07, 6.45) is 8.51. The van der Waals surface area contributed by atoms with Crippen LogP contribution in [-0.4, -0.2) is 36.4 Å². The van der Waals surface area contributed by atoms with Crippen molar-refractivity contribution in [3.05, 3.63) is 30.5 Å². The zero-order valence-corrected chi connectivity index (χ0v) is 12.4. The second kappa shape index (κ2) is 6.60. The molecule has 0 aromatic carbocycles.